The normalized spacial score (nSPS) is 18.0. The summed E-state index contributed by atoms with van der Waals surface area (Å²) in [4.78, 5) is 18.8. The summed E-state index contributed by atoms with van der Waals surface area (Å²) in [5.41, 5.74) is 2.89. The summed E-state index contributed by atoms with van der Waals surface area (Å²) in [5.74, 6) is 0.847. The summed E-state index contributed by atoms with van der Waals surface area (Å²) in [6, 6.07) is 3.54. The third kappa shape index (κ3) is 3.36. The molecule has 0 radical (unpaired) electrons. The number of rotatable bonds is 4. The lowest BCUT2D eigenvalue weighted by Gasteiger charge is -2.33. The topological polar surface area (TPSA) is 71.1 Å². The molecule has 3 heterocycles. The maximum Gasteiger partial charge on any atom is 0.259 e. The van der Waals surface area contributed by atoms with Crippen molar-refractivity contribution in [3.05, 3.63) is 41.3 Å². The fraction of sp³-hybridized carbons (Fsp3) is 0.471. The van der Waals surface area contributed by atoms with Gasteiger partial charge in [-0.2, -0.15) is 5.10 Å². The van der Waals surface area contributed by atoms with Gasteiger partial charge in [-0.25, -0.2) is 4.98 Å². The first-order valence-electron chi connectivity index (χ1n) is 7.96. The van der Waals surface area contributed by atoms with Gasteiger partial charge in [0.25, 0.3) is 5.91 Å². The fourth-order valence-electron chi connectivity index (χ4n) is 3.17. The summed E-state index contributed by atoms with van der Waals surface area (Å²) in [6.07, 6.45) is 6.57. The van der Waals surface area contributed by atoms with Crippen LogP contribution >= 0.6 is 0 Å². The lowest BCUT2D eigenvalue weighted by Crippen LogP contribution is -2.40. The predicted octanol–water partition coefficient (Wildman–Crippen LogP) is 2.22. The van der Waals surface area contributed by atoms with Gasteiger partial charge in [-0.1, -0.05) is 0 Å². The van der Waals surface area contributed by atoms with Crippen LogP contribution in [0, 0.1) is 12.8 Å². The van der Waals surface area contributed by atoms with Gasteiger partial charge in [-0.05, 0) is 49.8 Å². The highest BCUT2D eigenvalue weighted by Crippen LogP contribution is 2.24. The number of hydrogen-bond acceptors (Lipinski definition) is 4. The van der Waals surface area contributed by atoms with Crippen molar-refractivity contribution in [2.75, 3.05) is 20.2 Å². The van der Waals surface area contributed by atoms with Crippen molar-refractivity contribution in [2.24, 2.45) is 5.92 Å². The first kappa shape index (κ1) is 15.5. The van der Waals surface area contributed by atoms with Gasteiger partial charge in [0.2, 0.25) is 5.88 Å². The molecule has 6 heteroatoms. The zero-order valence-electron chi connectivity index (χ0n) is 13.6. The lowest BCUT2D eigenvalue weighted by molar-refractivity contribution is 0.0668. The fourth-order valence-corrected chi connectivity index (χ4v) is 3.17. The number of aromatic amines is 1. The van der Waals surface area contributed by atoms with Gasteiger partial charge >= 0.3 is 0 Å². The number of methoxy groups -OCH3 is 1. The second-order valence-electron chi connectivity index (χ2n) is 6.06. The van der Waals surface area contributed by atoms with E-state index in [2.05, 4.69) is 22.1 Å². The van der Waals surface area contributed by atoms with Gasteiger partial charge in [0.15, 0.2) is 0 Å². The van der Waals surface area contributed by atoms with E-state index in [1.165, 1.54) is 11.3 Å². The molecule has 6 nitrogen and oxygen atoms in total. The van der Waals surface area contributed by atoms with Crippen LogP contribution in [0.5, 0.6) is 5.88 Å². The van der Waals surface area contributed by atoms with Crippen LogP contribution in [0.25, 0.3) is 0 Å². The highest BCUT2D eigenvalue weighted by Gasteiger charge is 2.27. The largest absolute Gasteiger partial charge is 0.480 e. The van der Waals surface area contributed by atoms with Crippen molar-refractivity contribution in [2.45, 2.75) is 26.2 Å². The molecule has 0 spiro atoms. The Bertz CT molecular complexity index is 683. The number of aryl methyl sites for hydroxylation is 1. The Balaban J connectivity index is 1.70. The van der Waals surface area contributed by atoms with Gasteiger partial charge in [0.1, 0.15) is 5.56 Å². The zero-order valence-corrected chi connectivity index (χ0v) is 13.6. The van der Waals surface area contributed by atoms with Crippen LogP contribution in [-0.4, -0.2) is 46.2 Å². The minimum atomic E-state index is 0.000910. The van der Waals surface area contributed by atoms with E-state index in [1.54, 1.807) is 25.4 Å². The van der Waals surface area contributed by atoms with Gasteiger partial charge in [0, 0.05) is 25.0 Å². The van der Waals surface area contributed by atoms with Crippen molar-refractivity contribution in [1.82, 2.24) is 20.1 Å². The van der Waals surface area contributed by atoms with Crippen LogP contribution in [0.3, 0.4) is 0 Å². The first-order chi connectivity index (χ1) is 11.2. The standard InChI is InChI=1S/C17H22N4O2/c1-12-10-19-20-15(12)9-13-5-4-8-21(11-13)17(22)14-6-3-7-18-16(14)23-2/h3,6-7,10,13H,4-5,8-9,11H2,1-2H3,(H,19,20). The molecule has 122 valence electrons. The molecule has 0 aromatic carbocycles. The number of pyridine rings is 1. The van der Waals surface area contributed by atoms with Gasteiger partial charge < -0.3 is 9.64 Å². The van der Waals surface area contributed by atoms with Crippen molar-refractivity contribution in [3.63, 3.8) is 0 Å². The molecule has 1 fully saturated rings. The Kier molecular flexibility index (Phi) is 4.60. The van der Waals surface area contributed by atoms with Crippen LogP contribution < -0.4 is 4.74 Å². The molecule has 1 atom stereocenters. The smallest absolute Gasteiger partial charge is 0.259 e. The molecule has 2 aromatic rings. The van der Waals surface area contributed by atoms with Crippen molar-refractivity contribution >= 4 is 5.91 Å². The molecule has 2 aromatic heterocycles. The predicted molar refractivity (Wildman–Crippen MR) is 86.4 cm³/mol. The number of ether oxygens (including phenoxy) is 1. The molecule has 1 N–H and O–H groups in total. The van der Waals surface area contributed by atoms with Crippen molar-refractivity contribution < 1.29 is 9.53 Å². The maximum atomic E-state index is 12.8. The highest BCUT2D eigenvalue weighted by molar-refractivity contribution is 5.96. The van der Waals surface area contributed by atoms with Gasteiger partial charge in [-0.3, -0.25) is 9.89 Å². The Morgan fingerprint density at radius 3 is 3.13 bits per heavy atom. The Morgan fingerprint density at radius 2 is 2.39 bits per heavy atom. The average molecular weight is 314 g/mol. The summed E-state index contributed by atoms with van der Waals surface area (Å²) in [6.45, 7) is 3.61. The second-order valence-corrected chi connectivity index (χ2v) is 6.06. The Morgan fingerprint density at radius 1 is 1.52 bits per heavy atom. The molecule has 0 bridgehead atoms. The Hall–Kier alpha value is -2.37. The number of piperidine rings is 1. The van der Waals surface area contributed by atoms with Crippen LogP contribution in [0.15, 0.2) is 24.5 Å². The summed E-state index contributed by atoms with van der Waals surface area (Å²) in [7, 11) is 1.54. The van der Waals surface area contributed by atoms with E-state index < -0.39 is 0 Å². The second kappa shape index (κ2) is 6.81. The van der Waals surface area contributed by atoms with Gasteiger partial charge in [0.05, 0.1) is 13.3 Å². The van der Waals surface area contributed by atoms with Gasteiger partial charge in [-0.15, -0.1) is 0 Å². The number of amides is 1. The maximum absolute atomic E-state index is 12.8. The van der Waals surface area contributed by atoms with E-state index in [9.17, 15) is 4.79 Å². The Labute approximate surface area is 135 Å². The molecular formula is C17H22N4O2. The van der Waals surface area contributed by atoms with Crippen LogP contribution in [0.4, 0.5) is 0 Å². The molecule has 0 saturated carbocycles. The summed E-state index contributed by atoms with van der Waals surface area (Å²) >= 11 is 0. The molecule has 1 saturated heterocycles. The number of nitrogens with zero attached hydrogens (tertiary/aromatic N) is 3. The monoisotopic (exact) mass is 314 g/mol. The average Bonchev–Trinajstić information content (AvgIpc) is 2.99. The summed E-state index contributed by atoms with van der Waals surface area (Å²) in [5, 5.41) is 7.14. The van der Waals surface area contributed by atoms with E-state index in [4.69, 9.17) is 4.74 Å². The third-order valence-electron chi connectivity index (χ3n) is 4.43. The number of hydrogen-bond donors (Lipinski definition) is 1. The SMILES string of the molecule is COc1ncccc1C(=O)N1CCCC(Cc2[nH]ncc2C)C1. The molecule has 1 aliphatic rings. The highest BCUT2D eigenvalue weighted by atomic mass is 16.5. The van der Waals surface area contributed by atoms with E-state index in [0.29, 0.717) is 17.4 Å². The molecule has 3 rings (SSSR count). The van der Waals surface area contributed by atoms with E-state index in [1.807, 2.05) is 11.1 Å². The third-order valence-corrected chi connectivity index (χ3v) is 4.43. The number of carbonyl (C=O) groups is 1. The molecule has 0 aliphatic carbocycles. The van der Waals surface area contributed by atoms with Crippen molar-refractivity contribution in [3.8, 4) is 5.88 Å². The minimum Gasteiger partial charge on any atom is -0.480 e. The molecular weight excluding hydrogens is 292 g/mol. The molecule has 1 unspecified atom stereocenters. The molecule has 23 heavy (non-hydrogen) atoms. The minimum absolute atomic E-state index is 0.000910. The summed E-state index contributed by atoms with van der Waals surface area (Å²) < 4.78 is 5.21. The van der Waals surface area contributed by atoms with Crippen LogP contribution in [0.1, 0.15) is 34.5 Å². The number of H-pyrrole nitrogens is 1. The number of carbonyl (C=O) groups excluding carboxylic acids is 1. The number of likely N-dealkylation sites (tertiary alicyclic amines) is 1. The number of aromatic nitrogens is 3. The zero-order chi connectivity index (χ0) is 16.2. The van der Waals surface area contributed by atoms with E-state index >= 15 is 0 Å². The van der Waals surface area contributed by atoms with Crippen LogP contribution in [-0.2, 0) is 6.42 Å². The van der Waals surface area contributed by atoms with Crippen LogP contribution in [0.2, 0.25) is 0 Å². The van der Waals surface area contributed by atoms with Crippen molar-refractivity contribution in [1.29, 1.82) is 0 Å². The molecule has 1 amide bonds. The lowest BCUT2D eigenvalue weighted by atomic mass is 9.92. The molecule has 1 aliphatic heterocycles. The van der Waals surface area contributed by atoms with E-state index in [0.717, 1.165) is 32.4 Å². The quantitative estimate of drug-likeness (QED) is 0.939. The first-order valence-corrected chi connectivity index (χ1v) is 7.96. The van der Waals surface area contributed by atoms with E-state index in [-0.39, 0.29) is 5.91 Å². The number of nitrogens with one attached hydrogen (secondary N) is 1.